The number of H-pyrrole nitrogens is 1. The first-order chi connectivity index (χ1) is 10.5. The Morgan fingerprint density at radius 3 is 2.82 bits per heavy atom. The molecule has 0 radical (unpaired) electrons. The van der Waals surface area contributed by atoms with E-state index in [9.17, 15) is 9.59 Å². The maximum absolute atomic E-state index is 12.1. The first kappa shape index (κ1) is 16.0. The van der Waals surface area contributed by atoms with Crippen molar-refractivity contribution in [2.24, 2.45) is 7.05 Å². The number of hydrogen-bond donors (Lipinski definition) is 2. The number of fused-ring (bicyclic) bond motifs is 1. The molecule has 8 heteroatoms. The predicted octanol–water partition coefficient (Wildman–Crippen LogP) is 0.448. The Bertz CT molecular complexity index is 799. The summed E-state index contributed by atoms with van der Waals surface area (Å²) in [6.45, 7) is 7.48. The van der Waals surface area contributed by atoms with Gasteiger partial charge in [0, 0.05) is 33.9 Å². The zero-order valence-electron chi connectivity index (χ0n) is 13.1. The van der Waals surface area contributed by atoms with Crippen molar-refractivity contribution in [3.8, 4) is 0 Å². The van der Waals surface area contributed by atoms with Gasteiger partial charge in [0.25, 0.3) is 5.56 Å². The highest BCUT2D eigenvalue weighted by Crippen LogP contribution is 2.16. The van der Waals surface area contributed by atoms with Gasteiger partial charge in [-0.15, -0.1) is 0 Å². The fourth-order valence-corrected chi connectivity index (χ4v) is 2.21. The zero-order valence-corrected chi connectivity index (χ0v) is 13.1. The Hall–Kier alpha value is -2.35. The van der Waals surface area contributed by atoms with Crippen LogP contribution < -0.4 is 16.6 Å². The topological polar surface area (TPSA) is 93.9 Å². The van der Waals surface area contributed by atoms with Gasteiger partial charge < -0.3 is 14.6 Å². The largest absolute Gasteiger partial charge is 0.385 e. The number of methoxy groups -OCH3 is 1. The molecule has 2 N–H and O–H groups in total. The Balaban J connectivity index is 2.52. The number of aromatic nitrogens is 4. The molecule has 0 aliphatic rings. The Morgan fingerprint density at radius 2 is 2.18 bits per heavy atom. The van der Waals surface area contributed by atoms with Gasteiger partial charge in [0.2, 0.25) is 5.95 Å². The van der Waals surface area contributed by atoms with E-state index in [1.54, 1.807) is 18.7 Å². The van der Waals surface area contributed by atoms with Gasteiger partial charge in [-0.3, -0.25) is 14.3 Å². The van der Waals surface area contributed by atoms with Crippen LogP contribution in [0.25, 0.3) is 11.2 Å². The van der Waals surface area contributed by atoms with E-state index >= 15 is 0 Å². The van der Waals surface area contributed by atoms with Crippen LogP contribution in [-0.2, 0) is 18.3 Å². The average Bonchev–Trinajstić information content (AvgIpc) is 2.80. The molecule has 0 saturated heterocycles. The maximum Gasteiger partial charge on any atom is 0.329 e. The van der Waals surface area contributed by atoms with Gasteiger partial charge in [-0.2, -0.15) is 4.98 Å². The monoisotopic (exact) mass is 307 g/mol. The number of rotatable bonds is 7. The summed E-state index contributed by atoms with van der Waals surface area (Å²) in [5.41, 5.74) is 0.663. The molecule has 0 fully saturated rings. The molecule has 120 valence electrons. The maximum atomic E-state index is 12.1. The van der Waals surface area contributed by atoms with E-state index in [1.807, 2.05) is 6.92 Å². The number of nitrogens with one attached hydrogen (secondary N) is 2. The lowest BCUT2D eigenvalue weighted by molar-refractivity contribution is 0.197. The SMILES string of the molecule is C=C(C)Cn1c(NCCCOC)nc2c1c(=O)[nH]c(=O)n2C. The molecule has 2 aromatic rings. The van der Waals surface area contributed by atoms with Crippen LogP contribution in [0.1, 0.15) is 13.3 Å². The molecule has 0 bridgehead atoms. The van der Waals surface area contributed by atoms with Crippen molar-refractivity contribution < 1.29 is 4.74 Å². The number of anilines is 1. The highest BCUT2D eigenvalue weighted by molar-refractivity contribution is 5.74. The second-order valence-electron chi connectivity index (χ2n) is 5.24. The van der Waals surface area contributed by atoms with Crippen molar-refractivity contribution >= 4 is 17.1 Å². The van der Waals surface area contributed by atoms with Gasteiger partial charge in [0.15, 0.2) is 11.2 Å². The van der Waals surface area contributed by atoms with Gasteiger partial charge in [0.1, 0.15) is 0 Å². The normalized spacial score (nSPS) is 11.0. The number of ether oxygens (including phenoxy) is 1. The van der Waals surface area contributed by atoms with E-state index in [4.69, 9.17) is 4.74 Å². The average molecular weight is 307 g/mol. The van der Waals surface area contributed by atoms with Crippen LogP contribution in [0.2, 0.25) is 0 Å². The number of aryl methyl sites for hydroxylation is 1. The molecule has 0 saturated carbocycles. The first-order valence-corrected chi connectivity index (χ1v) is 7.02. The standard InChI is InChI=1S/C14H21N5O3/c1-9(2)8-19-10-11(18(3)14(21)17-12(10)20)16-13(19)15-6-5-7-22-4/h1,5-8H2,2-4H3,(H,15,16)(H,17,20,21). The third-order valence-corrected chi connectivity index (χ3v) is 3.24. The lowest BCUT2D eigenvalue weighted by Gasteiger charge is -2.10. The summed E-state index contributed by atoms with van der Waals surface area (Å²) >= 11 is 0. The van der Waals surface area contributed by atoms with Crippen LogP contribution in [0, 0.1) is 0 Å². The molecule has 0 amide bonds. The van der Waals surface area contributed by atoms with Crippen molar-refractivity contribution in [1.82, 2.24) is 19.1 Å². The molecule has 2 heterocycles. The Morgan fingerprint density at radius 1 is 1.45 bits per heavy atom. The molecule has 8 nitrogen and oxygen atoms in total. The quantitative estimate of drug-likeness (QED) is 0.572. The molecular formula is C14H21N5O3. The van der Waals surface area contributed by atoms with Gasteiger partial charge in [-0.05, 0) is 13.3 Å². The molecule has 0 aliphatic carbocycles. The summed E-state index contributed by atoms with van der Waals surface area (Å²) in [6, 6.07) is 0. The van der Waals surface area contributed by atoms with Crippen molar-refractivity contribution in [2.45, 2.75) is 19.9 Å². The molecule has 2 aromatic heterocycles. The number of aromatic amines is 1. The lowest BCUT2D eigenvalue weighted by Crippen LogP contribution is -2.29. The van der Waals surface area contributed by atoms with Crippen molar-refractivity contribution in [3.05, 3.63) is 33.0 Å². The molecule has 0 spiro atoms. The summed E-state index contributed by atoms with van der Waals surface area (Å²) in [4.78, 5) is 30.5. The highest BCUT2D eigenvalue weighted by Gasteiger charge is 2.16. The van der Waals surface area contributed by atoms with Gasteiger partial charge in [-0.25, -0.2) is 4.79 Å². The first-order valence-electron chi connectivity index (χ1n) is 7.02. The van der Waals surface area contributed by atoms with E-state index in [-0.39, 0.29) is 0 Å². The summed E-state index contributed by atoms with van der Waals surface area (Å²) in [6.07, 6.45) is 0.808. The van der Waals surface area contributed by atoms with E-state index < -0.39 is 11.2 Å². The number of nitrogens with zero attached hydrogens (tertiary/aromatic N) is 3. The zero-order chi connectivity index (χ0) is 16.3. The van der Waals surface area contributed by atoms with E-state index in [2.05, 4.69) is 21.9 Å². The van der Waals surface area contributed by atoms with Crippen LogP contribution in [0.3, 0.4) is 0 Å². The minimum atomic E-state index is -0.483. The van der Waals surface area contributed by atoms with Crippen molar-refractivity contribution in [3.63, 3.8) is 0 Å². The van der Waals surface area contributed by atoms with E-state index in [1.165, 1.54) is 4.57 Å². The number of hydrogen-bond acceptors (Lipinski definition) is 5. The van der Waals surface area contributed by atoms with Gasteiger partial charge >= 0.3 is 5.69 Å². The molecule has 2 rings (SSSR count). The summed E-state index contributed by atoms with van der Waals surface area (Å²) < 4.78 is 8.07. The Labute approximate surface area is 127 Å². The predicted molar refractivity (Wildman–Crippen MR) is 85.4 cm³/mol. The van der Waals surface area contributed by atoms with E-state index in [0.29, 0.717) is 36.8 Å². The fraction of sp³-hybridized carbons (Fsp3) is 0.500. The Kier molecular flexibility index (Phi) is 4.81. The van der Waals surface area contributed by atoms with Crippen LogP contribution in [0.15, 0.2) is 21.7 Å². The molecule has 0 aromatic carbocycles. The highest BCUT2D eigenvalue weighted by atomic mass is 16.5. The lowest BCUT2D eigenvalue weighted by atomic mass is 10.3. The molecular weight excluding hydrogens is 286 g/mol. The third-order valence-electron chi connectivity index (χ3n) is 3.24. The van der Waals surface area contributed by atoms with Gasteiger partial charge in [0.05, 0.1) is 0 Å². The summed E-state index contributed by atoms with van der Waals surface area (Å²) in [5, 5.41) is 3.18. The summed E-state index contributed by atoms with van der Waals surface area (Å²) in [7, 11) is 3.22. The number of allylic oxidation sites excluding steroid dienone is 1. The second kappa shape index (κ2) is 6.61. The van der Waals surface area contributed by atoms with Crippen molar-refractivity contribution in [2.75, 3.05) is 25.6 Å². The fourth-order valence-electron chi connectivity index (χ4n) is 2.21. The molecule has 0 aliphatic heterocycles. The van der Waals surface area contributed by atoms with Gasteiger partial charge in [-0.1, -0.05) is 12.2 Å². The molecule has 22 heavy (non-hydrogen) atoms. The third kappa shape index (κ3) is 3.11. The molecule has 0 unspecified atom stereocenters. The van der Waals surface area contributed by atoms with E-state index in [0.717, 1.165) is 12.0 Å². The van der Waals surface area contributed by atoms with Crippen LogP contribution >= 0.6 is 0 Å². The minimum absolute atomic E-state index is 0.351. The number of imidazole rings is 1. The van der Waals surface area contributed by atoms with Crippen LogP contribution in [0.5, 0.6) is 0 Å². The molecule has 0 atom stereocenters. The van der Waals surface area contributed by atoms with Crippen LogP contribution in [0.4, 0.5) is 5.95 Å². The second-order valence-corrected chi connectivity index (χ2v) is 5.24. The van der Waals surface area contributed by atoms with Crippen molar-refractivity contribution in [1.29, 1.82) is 0 Å². The van der Waals surface area contributed by atoms with Crippen LogP contribution in [-0.4, -0.2) is 39.4 Å². The summed E-state index contributed by atoms with van der Waals surface area (Å²) in [5.74, 6) is 0.542. The smallest absolute Gasteiger partial charge is 0.329 e. The minimum Gasteiger partial charge on any atom is -0.385 e.